The highest BCUT2D eigenvalue weighted by Gasteiger charge is 2.50. The number of allylic oxidation sites excluding steroid dienone is 6. The summed E-state index contributed by atoms with van der Waals surface area (Å²) in [6, 6.07) is 0. The first-order chi connectivity index (χ1) is 12.0. The van der Waals surface area contributed by atoms with Crippen LogP contribution in [0.15, 0.2) is 34.2 Å². The Morgan fingerprint density at radius 2 is 1.58 bits per heavy atom. The lowest BCUT2D eigenvalue weighted by atomic mass is 9.64. The van der Waals surface area contributed by atoms with Gasteiger partial charge in [0.2, 0.25) is 0 Å². The van der Waals surface area contributed by atoms with Crippen LogP contribution in [0.5, 0.6) is 0 Å². The molecule has 1 unspecified atom stereocenters. The fourth-order valence-corrected chi connectivity index (χ4v) is 3.83. The first-order valence-corrected chi connectivity index (χ1v) is 8.54. The van der Waals surface area contributed by atoms with E-state index in [1.54, 1.807) is 17.9 Å². The van der Waals surface area contributed by atoms with Crippen molar-refractivity contribution in [3.63, 3.8) is 0 Å². The summed E-state index contributed by atoms with van der Waals surface area (Å²) in [6.45, 7) is 7.90. The number of methoxy groups -OCH3 is 1. The highest BCUT2D eigenvalue weighted by atomic mass is 16.5. The lowest BCUT2D eigenvalue weighted by molar-refractivity contribution is -0.142. The molecule has 0 saturated carbocycles. The number of esters is 1. The van der Waals surface area contributed by atoms with Crippen molar-refractivity contribution in [3.8, 4) is 0 Å². The second-order valence-electron chi connectivity index (χ2n) is 7.02. The fourth-order valence-electron chi connectivity index (χ4n) is 3.83. The van der Waals surface area contributed by atoms with Gasteiger partial charge in [0.1, 0.15) is 12.3 Å². The first kappa shape index (κ1) is 19.8. The van der Waals surface area contributed by atoms with Gasteiger partial charge in [0, 0.05) is 17.0 Å². The van der Waals surface area contributed by atoms with Crippen molar-refractivity contribution in [2.75, 3.05) is 13.7 Å². The molecule has 0 spiro atoms. The fraction of sp³-hybridized carbons (Fsp3) is 0.500. The molecular weight excluding hydrogens is 334 g/mol. The topological polar surface area (TPSA) is 80.8 Å². The highest BCUT2D eigenvalue weighted by molar-refractivity contribution is 6.00. The second-order valence-corrected chi connectivity index (χ2v) is 7.02. The monoisotopic (exact) mass is 359 g/mol. The Balaban J connectivity index is 2.75. The minimum Gasteiger partial charge on any atom is -0.468 e. The quantitative estimate of drug-likeness (QED) is 0.702. The van der Waals surface area contributed by atoms with Crippen molar-refractivity contribution in [2.45, 2.75) is 47.5 Å². The largest absolute Gasteiger partial charge is 0.468 e. The van der Waals surface area contributed by atoms with E-state index in [1.807, 2.05) is 6.92 Å². The summed E-state index contributed by atoms with van der Waals surface area (Å²) in [6.07, 6.45) is 2.26. The smallest absolute Gasteiger partial charge is 0.325 e. The molecule has 0 N–H and O–H groups in total. The van der Waals surface area contributed by atoms with Crippen LogP contribution in [0.3, 0.4) is 0 Å². The molecule has 1 atom stereocenters. The van der Waals surface area contributed by atoms with Gasteiger partial charge < -0.3 is 9.64 Å². The number of hydrogen-bond donors (Lipinski definition) is 0. The zero-order valence-corrected chi connectivity index (χ0v) is 16.2. The Bertz CT molecular complexity index is 799. The van der Waals surface area contributed by atoms with Gasteiger partial charge in [0.05, 0.1) is 12.5 Å². The molecule has 0 aromatic rings. The van der Waals surface area contributed by atoms with E-state index in [9.17, 15) is 19.2 Å². The van der Waals surface area contributed by atoms with Crippen LogP contribution in [0.25, 0.3) is 0 Å². The summed E-state index contributed by atoms with van der Waals surface area (Å²) < 4.78 is 4.79. The van der Waals surface area contributed by atoms with Crippen molar-refractivity contribution in [2.24, 2.45) is 5.41 Å². The molecule has 1 heterocycles. The van der Waals surface area contributed by atoms with Crippen LogP contribution in [0.1, 0.15) is 47.5 Å². The van der Waals surface area contributed by atoms with E-state index < -0.39 is 11.4 Å². The van der Waals surface area contributed by atoms with Gasteiger partial charge in [-0.25, -0.2) is 0 Å². The average Bonchev–Trinajstić information content (AvgIpc) is 2.56. The molecule has 6 nitrogen and oxygen atoms in total. The third kappa shape index (κ3) is 3.16. The molecule has 1 aliphatic heterocycles. The van der Waals surface area contributed by atoms with E-state index in [0.29, 0.717) is 22.5 Å². The van der Waals surface area contributed by atoms with E-state index >= 15 is 0 Å². The predicted octanol–water partition coefficient (Wildman–Crippen LogP) is 2.50. The van der Waals surface area contributed by atoms with E-state index in [0.717, 1.165) is 5.57 Å². The zero-order chi connectivity index (χ0) is 19.8. The summed E-state index contributed by atoms with van der Waals surface area (Å²) in [5.74, 6) is -0.830. The third-order valence-corrected chi connectivity index (χ3v) is 5.45. The van der Waals surface area contributed by atoms with E-state index in [2.05, 4.69) is 0 Å². The molecule has 6 heteroatoms. The van der Waals surface area contributed by atoms with Gasteiger partial charge in [-0.1, -0.05) is 0 Å². The molecule has 0 aromatic carbocycles. The molecule has 0 bridgehead atoms. The molecule has 0 saturated heterocycles. The molecule has 2 rings (SSSR count). The van der Waals surface area contributed by atoms with Crippen molar-refractivity contribution < 1.29 is 23.9 Å². The summed E-state index contributed by atoms with van der Waals surface area (Å²) in [7, 11) is 1.30. The first-order valence-electron chi connectivity index (χ1n) is 8.54. The second kappa shape index (κ2) is 7.02. The average molecular weight is 359 g/mol. The lowest BCUT2D eigenvalue weighted by Gasteiger charge is -2.47. The molecule has 1 aliphatic carbocycles. The molecule has 0 radical (unpaired) electrons. The normalized spacial score (nSPS) is 22.7. The van der Waals surface area contributed by atoms with Gasteiger partial charge >= 0.3 is 5.97 Å². The minimum absolute atomic E-state index is 0.0893. The Kier molecular flexibility index (Phi) is 5.35. The van der Waals surface area contributed by atoms with Crippen LogP contribution >= 0.6 is 0 Å². The summed E-state index contributed by atoms with van der Waals surface area (Å²) in [4.78, 5) is 50.7. The van der Waals surface area contributed by atoms with Crippen LogP contribution in [-0.2, 0) is 23.9 Å². The van der Waals surface area contributed by atoms with Crippen LogP contribution in [0.2, 0.25) is 0 Å². The number of rotatable bonds is 5. The number of carbonyl (C=O) groups excluding carboxylic acids is 4. The number of nitrogens with zero attached hydrogens (tertiary/aromatic N) is 1. The predicted molar refractivity (Wildman–Crippen MR) is 95.9 cm³/mol. The van der Waals surface area contributed by atoms with Gasteiger partial charge in [0.15, 0.2) is 11.6 Å². The van der Waals surface area contributed by atoms with Crippen LogP contribution in [0, 0.1) is 5.41 Å². The van der Waals surface area contributed by atoms with E-state index in [4.69, 9.17) is 4.74 Å². The summed E-state index contributed by atoms with van der Waals surface area (Å²) in [5.41, 5.74) is 2.15. The van der Waals surface area contributed by atoms with Crippen molar-refractivity contribution in [1.82, 2.24) is 4.90 Å². The van der Waals surface area contributed by atoms with Crippen molar-refractivity contribution >= 4 is 23.3 Å². The van der Waals surface area contributed by atoms with Gasteiger partial charge in [-0.3, -0.25) is 19.2 Å². The molecule has 0 amide bonds. The standard InChI is InChI=1S/C20H25NO5/c1-11-7-18-20(15(5)24,8-16(11)13(3)22)9-17(14(4)23)12(2)21(18)10-19(25)26-6/h7H,8-10H2,1-6H3. The molecule has 2 aliphatic rings. The van der Waals surface area contributed by atoms with Gasteiger partial charge in [-0.2, -0.15) is 0 Å². The number of ketones is 3. The maximum atomic E-state index is 12.8. The van der Waals surface area contributed by atoms with Crippen molar-refractivity contribution in [3.05, 3.63) is 34.2 Å². The van der Waals surface area contributed by atoms with Gasteiger partial charge in [-0.15, -0.1) is 0 Å². The SMILES string of the molecule is COC(=O)CN1C2=CC(C)=C(C(C)=O)CC2(C(C)=O)CC(C(C)=O)=C1C. The Labute approximate surface area is 153 Å². The number of hydrogen-bond acceptors (Lipinski definition) is 6. The molecule has 26 heavy (non-hydrogen) atoms. The Hall–Kier alpha value is -2.50. The number of fused-ring (bicyclic) bond motifs is 1. The lowest BCUT2D eigenvalue weighted by Crippen LogP contribution is -2.48. The molecular formula is C20H25NO5. The number of carbonyl (C=O) groups is 4. The summed E-state index contributed by atoms with van der Waals surface area (Å²) in [5, 5.41) is 0. The molecule has 140 valence electrons. The molecule has 0 fully saturated rings. The maximum Gasteiger partial charge on any atom is 0.325 e. The summed E-state index contributed by atoms with van der Waals surface area (Å²) >= 11 is 0. The maximum absolute atomic E-state index is 12.8. The van der Waals surface area contributed by atoms with Crippen LogP contribution < -0.4 is 0 Å². The third-order valence-electron chi connectivity index (χ3n) is 5.45. The molecule has 0 aromatic heterocycles. The van der Waals surface area contributed by atoms with Crippen molar-refractivity contribution in [1.29, 1.82) is 0 Å². The van der Waals surface area contributed by atoms with Gasteiger partial charge in [-0.05, 0) is 64.7 Å². The van der Waals surface area contributed by atoms with Crippen LogP contribution in [0.4, 0.5) is 0 Å². The Morgan fingerprint density at radius 3 is 2.04 bits per heavy atom. The zero-order valence-electron chi connectivity index (χ0n) is 16.2. The minimum atomic E-state index is -1.02. The Morgan fingerprint density at radius 1 is 1.04 bits per heavy atom. The number of ether oxygens (including phenoxy) is 1. The highest BCUT2D eigenvalue weighted by Crippen LogP contribution is 2.51. The van der Waals surface area contributed by atoms with E-state index in [1.165, 1.54) is 27.9 Å². The number of Topliss-reactive ketones (excluding diaryl/α,β-unsaturated/α-hetero) is 3. The van der Waals surface area contributed by atoms with E-state index in [-0.39, 0.29) is 36.7 Å². The van der Waals surface area contributed by atoms with Gasteiger partial charge in [0.25, 0.3) is 0 Å². The van der Waals surface area contributed by atoms with Crippen LogP contribution in [-0.4, -0.2) is 41.9 Å².